The minimum absolute atomic E-state index is 0.152. The number of nitrogens with one attached hydrogen (secondary N) is 2. The van der Waals surface area contributed by atoms with Crippen molar-refractivity contribution >= 4 is 34.9 Å². The average molecular weight is 479 g/mol. The van der Waals surface area contributed by atoms with Gasteiger partial charge in [0.15, 0.2) is 5.11 Å². The summed E-state index contributed by atoms with van der Waals surface area (Å²) in [6.45, 7) is 6.33. The summed E-state index contributed by atoms with van der Waals surface area (Å²) >= 11 is 5.74. The van der Waals surface area contributed by atoms with Crippen LogP contribution in [0.5, 0.6) is 0 Å². The smallest absolute Gasteiger partial charge is 0.232 e. The Labute approximate surface area is 209 Å². The van der Waals surface area contributed by atoms with Gasteiger partial charge < -0.3 is 20.4 Å². The molecule has 2 saturated heterocycles. The van der Waals surface area contributed by atoms with Crippen molar-refractivity contribution in [1.29, 1.82) is 0 Å². The van der Waals surface area contributed by atoms with E-state index < -0.39 is 0 Å². The first kappa shape index (κ1) is 23.3. The molecule has 182 valence electrons. The SMILES string of the molecule is C[C@@H]1CCCCN1c1cc(N2CCCC2)nc(NC(=S)NCC2(c3ccccc3)CCCC2)n1. The molecule has 0 spiro atoms. The third-order valence-corrected chi connectivity index (χ3v) is 8.23. The van der Waals surface area contributed by atoms with Gasteiger partial charge in [0.25, 0.3) is 0 Å². The molecule has 0 amide bonds. The lowest BCUT2D eigenvalue weighted by molar-refractivity contribution is 0.435. The zero-order valence-electron chi connectivity index (χ0n) is 20.4. The molecule has 0 bridgehead atoms. The molecule has 1 aromatic carbocycles. The summed E-state index contributed by atoms with van der Waals surface area (Å²) in [6, 6.07) is 13.6. The Morgan fingerprint density at radius 3 is 2.41 bits per heavy atom. The van der Waals surface area contributed by atoms with Gasteiger partial charge in [-0.1, -0.05) is 43.2 Å². The van der Waals surface area contributed by atoms with Crippen LogP contribution in [0.2, 0.25) is 0 Å². The Hall–Kier alpha value is -2.41. The summed E-state index contributed by atoms with van der Waals surface area (Å²) in [7, 11) is 0. The zero-order valence-corrected chi connectivity index (χ0v) is 21.2. The van der Waals surface area contributed by atoms with Gasteiger partial charge in [-0.25, -0.2) is 0 Å². The summed E-state index contributed by atoms with van der Waals surface area (Å²) in [4.78, 5) is 14.6. The highest BCUT2D eigenvalue weighted by atomic mass is 32.1. The standard InChI is InChI=1S/C27H38N6S/c1-21-11-5-8-18-33(21)24-19-23(32-16-9-10-17-32)29-25(30-24)31-26(34)28-20-27(14-6-7-15-27)22-12-3-2-4-13-22/h2-4,12-13,19,21H,5-11,14-18,20H2,1H3,(H2,28,29,30,31,34)/t21-/m1/s1. The monoisotopic (exact) mass is 478 g/mol. The van der Waals surface area contributed by atoms with E-state index in [1.165, 1.54) is 63.4 Å². The van der Waals surface area contributed by atoms with Crippen molar-refractivity contribution in [3.8, 4) is 0 Å². The van der Waals surface area contributed by atoms with E-state index in [2.05, 4.69) is 63.8 Å². The highest BCUT2D eigenvalue weighted by Crippen LogP contribution is 2.40. The van der Waals surface area contributed by atoms with E-state index in [1.54, 1.807) is 0 Å². The molecule has 6 nitrogen and oxygen atoms in total. The van der Waals surface area contributed by atoms with Crippen LogP contribution in [0.3, 0.4) is 0 Å². The van der Waals surface area contributed by atoms with Crippen LogP contribution < -0.4 is 20.4 Å². The summed E-state index contributed by atoms with van der Waals surface area (Å²) in [5.74, 6) is 2.64. The van der Waals surface area contributed by atoms with Gasteiger partial charge in [-0.2, -0.15) is 9.97 Å². The van der Waals surface area contributed by atoms with Crippen LogP contribution in [0.25, 0.3) is 0 Å². The predicted octanol–water partition coefficient (Wildman–Crippen LogP) is 5.25. The summed E-state index contributed by atoms with van der Waals surface area (Å²) in [5.41, 5.74) is 1.57. The van der Waals surface area contributed by atoms with E-state index in [-0.39, 0.29) is 5.41 Å². The predicted molar refractivity (Wildman–Crippen MR) is 145 cm³/mol. The number of thiocarbonyl (C=S) groups is 1. The normalized spacial score (nSPS) is 22.1. The maximum atomic E-state index is 5.74. The number of aromatic nitrogens is 2. The Balaban J connectivity index is 1.32. The van der Waals surface area contributed by atoms with Crippen LogP contribution in [0.15, 0.2) is 36.4 Å². The van der Waals surface area contributed by atoms with Crippen molar-refractivity contribution in [2.75, 3.05) is 41.3 Å². The fourth-order valence-electron chi connectivity index (χ4n) is 5.98. The minimum Gasteiger partial charge on any atom is -0.361 e. The van der Waals surface area contributed by atoms with Gasteiger partial charge in [-0.15, -0.1) is 0 Å². The molecule has 34 heavy (non-hydrogen) atoms. The van der Waals surface area contributed by atoms with Crippen molar-refractivity contribution in [2.45, 2.75) is 76.2 Å². The zero-order chi connectivity index (χ0) is 23.4. The Morgan fingerprint density at radius 1 is 0.971 bits per heavy atom. The Morgan fingerprint density at radius 2 is 1.68 bits per heavy atom. The van der Waals surface area contributed by atoms with Crippen molar-refractivity contribution in [1.82, 2.24) is 15.3 Å². The van der Waals surface area contributed by atoms with Gasteiger partial charge in [0, 0.05) is 43.7 Å². The molecule has 3 heterocycles. The molecule has 3 aliphatic rings. The van der Waals surface area contributed by atoms with Crippen molar-refractivity contribution in [2.24, 2.45) is 0 Å². The number of rotatable bonds is 6. The van der Waals surface area contributed by atoms with Crippen LogP contribution in [-0.2, 0) is 5.41 Å². The summed E-state index contributed by atoms with van der Waals surface area (Å²) in [6.07, 6.45) is 11.1. The molecule has 5 rings (SSSR count). The molecule has 0 unspecified atom stereocenters. The Bertz CT molecular complexity index is 968. The number of piperidine rings is 1. The molecule has 1 atom stereocenters. The topological polar surface area (TPSA) is 56.3 Å². The number of hydrogen-bond donors (Lipinski definition) is 2. The quantitative estimate of drug-likeness (QED) is 0.550. The van der Waals surface area contributed by atoms with Crippen molar-refractivity contribution in [3.05, 3.63) is 42.0 Å². The van der Waals surface area contributed by atoms with Crippen LogP contribution in [-0.4, -0.2) is 47.3 Å². The molecule has 1 saturated carbocycles. The lowest BCUT2D eigenvalue weighted by Crippen LogP contribution is -2.41. The van der Waals surface area contributed by atoms with E-state index >= 15 is 0 Å². The van der Waals surface area contributed by atoms with E-state index in [4.69, 9.17) is 22.2 Å². The first-order chi connectivity index (χ1) is 16.6. The first-order valence-electron chi connectivity index (χ1n) is 13.1. The first-order valence-corrected chi connectivity index (χ1v) is 13.5. The molecule has 0 radical (unpaired) electrons. The van der Waals surface area contributed by atoms with E-state index in [1.807, 2.05) is 0 Å². The second-order valence-electron chi connectivity index (χ2n) is 10.3. The van der Waals surface area contributed by atoms with Crippen LogP contribution >= 0.6 is 12.2 Å². The van der Waals surface area contributed by atoms with Crippen LogP contribution in [0.4, 0.5) is 17.6 Å². The van der Waals surface area contributed by atoms with Gasteiger partial charge >= 0.3 is 0 Å². The van der Waals surface area contributed by atoms with Crippen molar-refractivity contribution < 1.29 is 0 Å². The molecule has 2 N–H and O–H groups in total. The second-order valence-corrected chi connectivity index (χ2v) is 10.7. The highest BCUT2D eigenvalue weighted by Gasteiger charge is 2.35. The molecular formula is C27H38N6S. The number of benzene rings is 1. The third-order valence-electron chi connectivity index (χ3n) is 7.99. The average Bonchev–Trinajstić information content (AvgIpc) is 3.57. The fourth-order valence-corrected chi connectivity index (χ4v) is 6.14. The molecule has 3 fully saturated rings. The molecule has 1 aromatic heterocycles. The van der Waals surface area contributed by atoms with E-state index in [0.717, 1.165) is 37.8 Å². The number of anilines is 3. The van der Waals surface area contributed by atoms with Gasteiger partial charge in [0.1, 0.15) is 11.6 Å². The molecule has 2 aromatic rings. The third kappa shape index (κ3) is 5.14. The number of nitrogens with zero attached hydrogens (tertiary/aromatic N) is 4. The maximum Gasteiger partial charge on any atom is 0.232 e. The summed E-state index contributed by atoms with van der Waals surface area (Å²) < 4.78 is 0. The number of hydrogen-bond acceptors (Lipinski definition) is 5. The lowest BCUT2D eigenvalue weighted by atomic mass is 9.79. The van der Waals surface area contributed by atoms with Gasteiger partial charge in [0.05, 0.1) is 0 Å². The largest absolute Gasteiger partial charge is 0.361 e. The Kier molecular flexibility index (Phi) is 7.18. The summed E-state index contributed by atoms with van der Waals surface area (Å²) in [5, 5.41) is 7.47. The molecular weight excluding hydrogens is 440 g/mol. The van der Waals surface area contributed by atoms with Gasteiger partial charge in [-0.3, -0.25) is 0 Å². The van der Waals surface area contributed by atoms with Gasteiger partial charge in [0.2, 0.25) is 5.95 Å². The second kappa shape index (κ2) is 10.5. The molecule has 2 aliphatic heterocycles. The van der Waals surface area contributed by atoms with E-state index in [0.29, 0.717) is 17.1 Å². The maximum absolute atomic E-state index is 5.74. The lowest BCUT2D eigenvalue weighted by Gasteiger charge is -2.35. The minimum atomic E-state index is 0.152. The van der Waals surface area contributed by atoms with E-state index in [9.17, 15) is 0 Å². The highest BCUT2D eigenvalue weighted by molar-refractivity contribution is 7.80. The fraction of sp³-hybridized carbons (Fsp3) is 0.593. The molecule has 1 aliphatic carbocycles. The van der Waals surface area contributed by atoms with Crippen LogP contribution in [0, 0.1) is 0 Å². The molecule has 7 heteroatoms. The van der Waals surface area contributed by atoms with Crippen molar-refractivity contribution in [3.63, 3.8) is 0 Å². The van der Waals surface area contributed by atoms with Gasteiger partial charge in [-0.05, 0) is 69.7 Å². The van der Waals surface area contributed by atoms with Crippen LogP contribution in [0.1, 0.15) is 70.3 Å².